The molecule has 7 radical (unpaired) electrons. The van der Waals surface area contributed by atoms with E-state index in [0.29, 0.717) is 6.54 Å². The maximum Gasteiger partial charge on any atom is 0.0450 e. The molecule has 1 aliphatic rings. The van der Waals surface area contributed by atoms with Crippen LogP contribution in [0.5, 0.6) is 0 Å². The van der Waals surface area contributed by atoms with Crippen LogP contribution in [-0.4, -0.2) is 53.0 Å². The smallest absolute Gasteiger partial charge is 0.0450 e. The van der Waals surface area contributed by atoms with Crippen LogP contribution >= 0.6 is 0 Å². The molecule has 1 rings (SSSR count). The van der Waals surface area contributed by atoms with Crippen LogP contribution in [0.2, 0.25) is 0 Å². The minimum absolute atomic E-state index is 0.338. The second kappa shape index (κ2) is 7.43. The summed E-state index contributed by atoms with van der Waals surface area (Å²) in [7, 11) is 17.4. The number of hydrogen-bond donors (Lipinski definition) is 1. The van der Waals surface area contributed by atoms with Gasteiger partial charge in [0.15, 0.2) is 0 Å². The normalized spacial score (nSPS) is 27.7. The van der Waals surface area contributed by atoms with Crippen molar-refractivity contribution in [1.29, 1.82) is 0 Å². The fraction of sp³-hybridized carbons (Fsp3) is 0.714. The number of unbranched alkanes of at least 4 members (excludes halogenated alkanes) is 2. The quantitative estimate of drug-likeness (QED) is 0.562. The summed E-state index contributed by atoms with van der Waals surface area (Å²) < 4.78 is 0. The van der Waals surface area contributed by atoms with Gasteiger partial charge in [-0.1, -0.05) is 6.42 Å². The Labute approximate surface area is 113 Å². The van der Waals surface area contributed by atoms with Crippen molar-refractivity contribution >= 4 is 0 Å². The first kappa shape index (κ1) is 15.9. The molecule has 2 N–H and O–H groups in total. The Hall–Kier alpha value is -0.160. The van der Waals surface area contributed by atoms with E-state index in [1.165, 1.54) is 4.90 Å². The Bertz CT molecular complexity index is 232. The van der Waals surface area contributed by atoms with Crippen molar-refractivity contribution in [1.82, 2.24) is 14.7 Å². The molecule has 1 fully saturated rings. The van der Waals surface area contributed by atoms with Crippen molar-refractivity contribution in [2.75, 3.05) is 32.7 Å². The molecule has 18 heavy (non-hydrogen) atoms. The first-order valence-corrected chi connectivity index (χ1v) is 6.54. The standard InChI is InChI=1S/C14H25N4/c1-14(16(2)3)12-17(4)10-11-18(13-14)9-7-5-6-8-15/h2-4,9H,5-8,10-13,15H2,1H3. The van der Waals surface area contributed by atoms with Crippen molar-refractivity contribution in [2.45, 2.75) is 31.7 Å². The Morgan fingerprint density at radius 2 is 2.00 bits per heavy atom. The Morgan fingerprint density at radius 3 is 2.61 bits per heavy atom. The summed E-state index contributed by atoms with van der Waals surface area (Å²) in [6, 6.07) is 0. The molecule has 0 saturated carbocycles. The van der Waals surface area contributed by atoms with E-state index in [9.17, 15) is 0 Å². The highest BCUT2D eigenvalue weighted by molar-refractivity contribution is 4.96. The molecular formula is C14H25N4. The third-order valence-corrected chi connectivity index (χ3v) is 3.43. The zero-order valence-corrected chi connectivity index (χ0v) is 11.4. The predicted octanol–water partition coefficient (Wildman–Crippen LogP) is 0.961. The van der Waals surface area contributed by atoms with Gasteiger partial charge < -0.3 is 5.73 Å². The molecule has 0 aromatic carbocycles. The average molecular weight is 249 g/mol. The molecule has 0 amide bonds. The second-order valence-corrected chi connectivity index (χ2v) is 5.31. The van der Waals surface area contributed by atoms with Crippen molar-refractivity contribution in [3.05, 3.63) is 27.7 Å². The zero-order chi connectivity index (χ0) is 13.6. The molecule has 1 unspecified atom stereocenters. The number of nitrogens with zero attached hydrogens (tertiary/aromatic N) is 3. The van der Waals surface area contributed by atoms with E-state index in [0.717, 1.165) is 45.4 Å². The van der Waals surface area contributed by atoms with Gasteiger partial charge in [0.2, 0.25) is 0 Å². The lowest BCUT2D eigenvalue weighted by Gasteiger charge is -2.38. The third kappa shape index (κ3) is 4.84. The van der Waals surface area contributed by atoms with Crippen LogP contribution in [0.25, 0.3) is 0 Å². The van der Waals surface area contributed by atoms with Crippen LogP contribution in [0, 0.1) is 27.7 Å². The fourth-order valence-electron chi connectivity index (χ4n) is 2.22. The minimum Gasteiger partial charge on any atom is -0.330 e. The molecule has 0 aliphatic carbocycles. The van der Waals surface area contributed by atoms with Gasteiger partial charge in [0.1, 0.15) is 0 Å². The van der Waals surface area contributed by atoms with Gasteiger partial charge in [-0.05, 0) is 26.3 Å². The summed E-state index contributed by atoms with van der Waals surface area (Å²) in [4.78, 5) is 5.31. The summed E-state index contributed by atoms with van der Waals surface area (Å²) in [6.07, 6.45) is 3.21. The van der Waals surface area contributed by atoms with Crippen LogP contribution in [0.3, 0.4) is 0 Å². The summed E-state index contributed by atoms with van der Waals surface area (Å²) in [5, 5.41) is 0. The van der Waals surface area contributed by atoms with Gasteiger partial charge in [-0.3, -0.25) is 14.7 Å². The van der Waals surface area contributed by atoms with Gasteiger partial charge in [-0.2, -0.15) is 0 Å². The fourth-order valence-corrected chi connectivity index (χ4v) is 2.22. The molecule has 1 atom stereocenters. The molecule has 1 saturated heterocycles. The Morgan fingerprint density at radius 1 is 1.28 bits per heavy atom. The van der Waals surface area contributed by atoms with Gasteiger partial charge in [-0.25, -0.2) is 0 Å². The third-order valence-electron chi connectivity index (χ3n) is 3.43. The molecule has 4 heteroatoms. The van der Waals surface area contributed by atoms with Gasteiger partial charge in [0, 0.05) is 59.4 Å². The molecule has 4 nitrogen and oxygen atoms in total. The minimum atomic E-state index is -0.338. The first-order valence-electron chi connectivity index (χ1n) is 6.54. The monoisotopic (exact) mass is 249 g/mol. The zero-order valence-electron chi connectivity index (χ0n) is 11.4. The lowest BCUT2D eigenvalue weighted by atomic mass is 10.00. The Kier molecular flexibility index (Phi) is 6.57. The lowest BCUT2D eigenvalue weighted by Crippen LogP contribution is -2.51. The molecular weight excluding hydrogens is 224 g/mol. The van der Waals surface area contributed by atoms with Crippen LogP contribution < -0.4 is 5.73 Å². The van der Waals surface area contributed by atoms with Crippen molar-refractivity contribution in [3.63, 3.8) is 0 Å². The highest BCUT2D eigenvalue weighted by atomic mass is 15.3. The topological polar surface area (TPSA) is 35.7 Å². The van der Waals surface area contributed by atoms with Gasteiger partial charge in [-0.15, -0.1) is 0 Å². The molecule has 0 bridgehead atoms. The maximum absolute atomic E-state index is 5.93. The van der Waals surface area contributed by atoms with E-state index >= 15 is 0 Å². The molecule has 1 aliphatic heterocycles. The summed E-state index contributed by atoms with van der Waals surface area (Å²) >= 11 is 0. The summed E-state index contributed by atoms with van der Waals surface area (Å²) in [5.41, 5.74) is 5.15. The van der Waals surface area contributed by atoms with Crippen LogP contribution in [0.1, 0.15) is 26.2 Å². The largest absolute Gasteiger partial charge is 0.330 e. The van der Waals surface area contributed by atoms with E-state index < -0.39 is 0 Å². The summed E-state index contributed by atoms with van der Waals surface area (Å²) in [6.45, 7) is 8.17. The maximum atomic E-state index is 5.93. The molecule has 1 heterocycles. The number of rotatable bonds is 6. The molecule has 0 aromatic rings. The van der Waals surface area contributed by atoms with Gasteiger partial charge >= 0.3 is 0 Å². The van der Waals surface area contributed by atoms with Crippen molar-refractivity contribution in [2.24, 2.45) is 5.73 Å². The Balaban J connectivity index is 2.48. The first-order chi connectivity index (χ1) is 8.48. The van der Waals surface area contributed by atoms with Crippen molar-refractivity contribution in [3.8, 4) is 0 Å². The molecule has 0 aromatic heterocycles. The second-order valence-electron chi connectivity index (χ2n) is 5.31. The van der Waals surface area contributed by atoms with E-state index in [2.05, 4.69) is 11.4 Å². The highest BCUT2D eigenvalue weighted by Gasteiger charge is 2.33. The van der Waals surface area contributed by atoms with E-state index in [1.807, 2.05) is 6.92 Å². The van der Waals surface area contributed by atoms with E-state index in [4.69, 9.17) is 26.9 Å². The van der Waals surface area contributed by atoms with Crippen LogP contribution in [-0.2, 0) is 0 Å². The predicted molar refractivity (Wildman–Crippen MR) is 73.5 cm³/mol. The van der Waals surface area contributed by atoms with Gasteiger partial charge in [0.05, 0.1) is 0 Å². The number of nitrogens with two attached hydrogens (primary N) is 1. The highest BCUT2D eigenvalue weighted by Crippen LogP contribution is 2.21. The van der Waals surface area contributed by atoms with E-state index in [-0.39, 0.29) is 5.54 Å². The van der Waals surface area contributed by atoms with Crippen LogP contribution in [0.4, 0.5) is 0 Å². The lowest BCUT2D eigenvalue weighted by molar-refractivity contribution is 0.147. The van der Waals surface area contributed by atoms with Crippen LogP contribution in [0.15, 0.2) is 0 Å². The molecule has 0 spiro atoms. The molecule has 101 valence electrons. The average Bonchev–Trinajstić information content (AvgIpc) is 2.45. The SMILES string of the molecule is [CH]N1CCN([CH]CCCCN)CC(C)(N([CH])[CH])C1. The summed E-state index contributed by atoms with van der Waals surface area (Å²) in [5.74, 6) is 0. The number of hydrogen-bond acceptors (Lipinski definition) is 4. The van der Waals surface area contributed by atoms with E-state index in [1.54, 1.807) is 4.90 Å². The van der Waals surface area contributed by atoms with Gasteiger partial charge in [0.25, 0.3) is 0 Å². The van der Waals surface area contributed by atoms with Crippen molar-refractivity contribution < 1.29 is 0 Å².